The Hall–Kier alpha value is -2.06. The van der Waals surface area contributed by atoms with E-state index in [1.165, 1.54) is 35.2 Å². The SMILES string of the molecule is CC1CN(c2nnnc3c2sc2nc(N4CCOCC4)c4c(c23)CCCC4)C1. The standard InChI is InChI=1S/C20H24N6OS/c1-12-10-26(11-12)19-17-16(22-24-23-19)15-13-4-2-3-5-14(13)18(21-20(15)28-17)25-6-8-27-9-7-25/h12H,2-11H2,1H3. The van der Waals surface area contributed by atoms with Crippen LogP contribution >= 0.6 is 11.3 Å². The minimum absolute atomic E-state index is 0.721. The summed E-state index contributed by atoms with van der Waals surface area (Å²) in [4.78, 5) is 11.0. The van der Waals surface area contributed by atoms with Gasteiger partial charge in [0, 0.05) is 31.6 Å². The van der Waals surface area contributed by atoms with Crippen molar-refractivity contribution < 1.29 is 4.74 Å². The molecular weight excluding hydrogens is 372 g/mol. The molecule has 7 nitrogen and oxygen atoms in total. The second kappa shape index (κ2) is 6.49. The third-order valence-corrected chi connectivity index (χ3v) is 7.34. The van der Waals surface area contributed by atoms with Crippen molar-refractivity contribution in [2.24, 2.45) is 5.92 Å². The molecule has 2 fully saturated rings. The number of hydrogen-bond donors (Lipinski definition) is 0. The lowest BCUT2D eigenvalue weighted by Crippen LogP contribution is -2.45. The van der Waals surface area contributed by atoms with Crippen molar-refractivity contribution in [3.8, 4) is 0 Å². The first-order valence-electron chi connectivity index (χ1n) is 10.3. The number of rotatable bonds is 2. The summed E-state index contributed by atoms with van der Waals surface area (Å²) in [5.74, 6) is 2.89. The van der Waals surface area contributed by atoms with Gasteiger partial charge in [0.1, 0.15) is 20.9 Å². The van der Waals surface area contributed by atoms with Gasteiger partial charge in [0.2, 0.25) is 0 Å². The van der Waals surface area contributed by atoms with Gasteiger partial charge in [0.05, 0.1) is 13.2 Å². The first-order chi connectivity index (χ1) is 13.8. The van der Waals surface area contributed by atoms with Gasteiger partial charge in [-0.05, 0) is 47.9 Å². The lowest BCUT2D eigenvalue weighted by molar-refractivity contribution is 0.122. The second-order valence-corrected chi connectivity index (χ2v) is 9.28. The van der Waals surface area contributed by atoms with E-state index in [0.29, 0.717) is 0 Å². The molecule has 3 aliphatic rings. The number of morpholine rings is 1. The third kappa shape index (κ3) is 2.50. The van der Waals surface area contributed by atoms with Crippen molar-refractivity contribution in [1.82, 2.24) is 20.4 Å². The summed E-state index contributed by atoms with van der Waals surface area (Å²) in [6, 6.07) is 0. The zero-order valence-electron chi connectivity index (χ0n) is 16.1. The molecule has 0 atom stereocenters. The average Bonchev–Trinajstić information content (AvgIpc) is 3.10. The maximum absolute atomic E-state index is 5.57. The second-order valence-electron chi connectivity index (χ2n) is 8.28. The number of pyridine rings is 1. The van der Waals surface area contributed by atoms with E-state index in [4.69, 9.17) is 9.72 Å². The van der Waals surface area contributed by atoms with Gasteiger partial charge in [-0.2, -0.15) is 0 Å². The van der Waals surface area contributed by atoms with E-state index in [-0.39, 0.29) is 0 Å². The van der Waals surface area contributed by atoms with Gasteiger partial charge in [-0.25, -0.2) is 4.98 Å². The average molecular weight is 397 g/mol. The van der Waals surface area contributed by atoms with E-state index >= 15 is 0 Å². The van der Waals surface area contributed by atoms with Crippen LogP contribution in [0.3, 0.4) is 0 Å². The van der Waals surface area contributed by atoms with Crippen LogP contribution in [0.5, 0.6) is 0 Å². The molecule has 6 rings (SSSR count). The summed E-state index contributed by atoms with van der Waals surface area (Å²) in [6.07, 6.45) is 4.69. The zero-order valence-corrected chi connectivity index (χ0v) is 17.0. The molecule has 1 aliphatic carbocycles. The quantitative estimate of drug-likeness (QED) is 0.660. The highest BCUT2D eigenvalue weighted by atomic mass is 32.1. The Morgan fingerprint density at radius 1 is 0.964 bits per heavy atom. The largest absolute Gasteiger partial charge is 0.378 e. The van der Waals surface area contributed by atoms with Crippen LogP contribution < -0.4 is 9.80 Å². The summed E-state index contributed by atoms with van der Waals surface area (Å²) in [6.45, 7) is 7.79. The molecule has 0 saturated carbocycles. The van der Waals surface area contributed by atoms with Gasteiger partial charge in [-0.1, -0.05) is 6.92 Å². The fraction of sp³-hybridized carbons (Fsp3) is 0.600. The zero-order chi connectivity index (χ0) is 18.7. The molecule has 3 aromatic heterocycles. The van der Waals surface area contributed by atoms with Crippen molar-refractivity contribution in [1.29, 1.82) is 0 Å². The predicted molar refractivity (Wildman–Crippen MR) is 112 cm³/mol. The van der Waals surface area contributed by atoms with Crippen molar-refractivity contribution in [3.63, 3.8) is 0 Å². The molecule has 146 valence electrons. The normalized spacial score (nSPS) is 20.6. The number of nitrogens with zero attached hydrogens (tertiary/aromatic N) is 6. The number of aryl methyl sites for hydroxylation is 1. The monoisotopic (exact) mass is 396 g/mol. The van der Waals surface area contributed by atoms with E-state index in [1.54, 1.807) is 11.3 Å². The number of thiophene rings is 1. The van der Waals surface area contributed by atoms with Gasteiger partial charge >= 0.3 is 0 Å². The van der Waals surface area contributed by atoms with E-state index in [2.05, 4.69) is 32.1 Å². The highest BCUT2D eigenvalue weighted by Gasteiger charge is 2.30. The van der Waals surface area contributed by atoms with Crippen LogP contribution in [-0.4, -0.2) is 59.8 Å². The van der Waals surface area contributed by atoms with Gasteiger partial charge in [-0.15, -0.1) is 21.5 Å². The van der Waals surface area contributed by atoms with E-state index < -0.39 is 0 Å². The fourth-order valence-electron chi connectivity index (χ4n) is 4.87. The molecule has 2 aliphatic heterocycles. The van der Waals surface area contributed by atoms with Crippen molar-refractivity contribution in [2.45, 2.75) is 32.6 Å². The topological polar surface area (TPSA) is 67.3 Å². The third-order valence-electron chi connectivity index (χ3n) is 6.27. The highest BCUT2D eigenvalue weighted by Crippen LogP contribution is 2.43. The molecule has 28 heavy (non-hydrogen) atoms. The van der Waals surface area contributed by atoms with Crippen LogP contribution in [0, 0.1) is 5.92 Å². The molecule has 3 aromatic rings. The lowest BCUT2D eigenvalue weighted by Gasteiger charge is -2.37. The van der Waals surface area contributed by atoms with Gasteiger partial charge in [0.25, 0.3) is 0 Å². The molecule has 5 heterocycles. The smallest absolute Gasteiger partial charge is 0.172 e. The van der Waals surface area contributed by atoms with Gasteiger partial charge < -0.3 is 14.5 Å². The van der Waals surface area contributed by atoms with Gasteiger partial charge in [-0.3, -0.25) is 0 Å². The minimum Gasteiger partial charge on any atom is -0.378 e. The van der Waals surface area contributed by atoms with E-state index in [9.17, 15) is 0 Å². The molecule has 0 aromatic carbocycles. The Morgan fingerprint density at radius 3 is 2.54 bits per heavy atom. The predicted octanol–water partition coefficient (Wildman–Crippen LogP) is 2.81. The number of fused-ring (bicyclic) bond motifs is 5. The summed E-state index contributed by atoms with van der Waals surface area (Å²) in [5.41, 5.74) is 3.88. The van der Waals surface area contributed by atoms with Crippen molar-refractivity contribution in [3.05, 3.63) is 11.1 Å². The van der Waals surface area contributed by atoms with Crippen LogP contribution in [0.15, 0.2) is 0 Å². The molecule has 8 heteroatoms. The van der Waals surface area contributed by atoms with Crippen LogP contribution in [0.2, 0.25) is 0 Å². The fourth-order valence-corrected chi connectivity index (χ4v) is 6.02. The van der Waals surface area contributed by atoms with Crippen LogP contribution in [-0.2, 0) is 17.6 Å². The summed E-state index contributed by atoms with van der Waals surface area (Å²) < 4.78 is 6.72. The molecular formula is C20H24N6OS. The van der Waals surface area contributed by atoms with Gasteiger partial charge in [0.15, 0.2) is 5.82 Å². The first kappa shape index (κ1) is 16.9. The Labute approximate surface area is 167 Å². The maximum Gasteiger partial charge on any atom is 0.172 e. The molecule has 0 amide bonds. The number of aromatic nitrogens is 4. The van der Waals surface area contributed by atoms with Crippen molar-refractivity contribution >= 4 is 43.4 Å². The first-order valence-corrected chi connectivity index (χ1v) is 11.2. The highest BCUT2D eigenvalue weighted by molar-refractivity contribution is 7.26. The van der Waals surface area contributed by atoms with Crippen LogP contribution in [0.1, 0.15) is 30.9 Å². The van der Waals surface area contributed by atoms with Crippen LogP contribution in [0.25, 0.3) is 20.4 Å². The number of ether oxygens (including phenoxy) is 1. The maximum atomic E-state index is 5.57. The summed E-state index contributed by atoms with van der Waals surface area (Å²) in [5, 5.41) is 14.3. The number of anilines is 2. The Kier molecular flexibility index (Phi) is 3.91. The molecule has 2 saturated heterocycles. The Bertz CT molecular complexity index is 1050. The Balaban J connectivity index is 1.58. The van der Waals surface area contributed by atoms with Crippen molar-refractivity contribution in [2.75, 3.05) is 49.2 Å². The summed E-state index contributed by atoms with van der Waals surface area (Å²) in [7, 11) is 0. The molecule has 0 N–H and O–H groups in total. The van der Waals surface area contributed by atoms with E-state index in [0.717, 1.165) is 79.0 Å². The lowest BCUT2D eigenvalue weighted by atomic mass is 9.90. The van der Waals surface area contributed by atoms with Crippen LogP contribution in [0.4, 0.5) is 11.6 Å². The molecule has 0 bridgehead atoms. The minimum atomic E-state index is 0.721. The molecule has 0 radical (unpaired) electrons. The van der Waals surface area contributed by atoms with E-state index in [1.807, 2.05) is 0 Å². The molecule has 0 spiro atoms. The molecule has 0 unspecified atom stereocenters. The Morgan fingerprint density at radius 2 is 1.75 bits per heavy atom. The summed E-state index contributed by atoms with van der Waals surface area (Å²) >= 11 is 1.74. The number of hydrogen-bond acceptors (Lipinski definition) is 8.